The van der Waals surface area contributed by atoms with Crippen LogP contribution in [0.4, 0.5) is 0 Å². The summed E-state index contributed by atoms with van der Waals surface area (Å²) >= 11 is 1.11. The molecular weight excluding hydrogens is 399 g/mol. The van der Waals surface area contributed by atoms with E-state index >= 15 is 0 Å². The molecule has 0 N–H and O–H groups in total. The molecular formula is C12H10Te2. The molecule has 0 nitrogen and oxygen atoms in total. The van der Waals surface area contributed by atoms with Crippen LogP contribution in [0.5, 0.6) is 0 Å². The van der Waals surface area contributed by atoms with Crippen molar-refractivity contribution < 1.29 is 0 Å². The summed E-state index contributed by atoms with van der Waals surface area (Å²) < 4.78 is 3.10. The summed E-state index contributed by atoms with van der Waals surface area (Å²) in [5.41, 5.74) is 0. The van der Waals surface area contributed by atoms with Crippen LogP contribution in [0, 0.1) is 0 Å². The molecule has 2 heteroatoms. The van der Waals surface area contributed by atoms with E-state index < -0.39 is 15.1 Å². The van der Waals surface area contributed by atoms with Gasteiger partial charge in [-0.05, 0) is 0 Å². The Morgan fingerprint density at radius 3 is 1.36 bits per heavy atom. The van der Waals surface area contributed by atoms with Crippen molar-refractivity contribution >= 4 is 40.1 Å². The number of benzene rings is 2. The molecule has 0 aliphatic carbocycles. The monoisotopic (exact) mass is 414 g/mol. The predicted molar refractivity (Wildman–Crippen MR) is 63.7 cm³/mol. The van der Waals surface area contributed by atoms with E-state index in [9.17, 15) is 0 Å². The molecule has 70 valence electrons. The molecule has 0 aliphatic rings. The third kappa shape index (κ3) is 2.53. The number of hydrogen-bond donors (Lipinski definition) is 0. The van der Waals surface area contributed by atoms with Crippen molar-refractivity contribution in [1.82, 2.24) is 0 Å². The van der Waals surface area contributed by atoms with Gasteiger partial charge in [0.1, 0.15) is 0 Å². The average molecular weight is 409 g/mol. The van der Waals surface area contributed by atoms with E-state index in [1.54, 1.807) is 7.22 Å². The van der Waals surface area contributed by atoms with E-state index in [-0.39, 0.29) is 0 Å². The Morgan fingerprint density at radius 2 is 1.00 bits per heavy atom. The first kappa shape index (κ1) is 10.5. The van der Waals surface area contributed by atoms with Gasteiger partial charge in [0.25, 0.3) is 0 Å². The summed E-state index contributed by atoms with van der Waals surface area (Å²) in [5.74, 6) is 0. The fourth-order valence-corrected chi connectivity index (χ4v) is 8.56. The van der Waals surface area contributed by atoms with E-state index in [1.807, 2.05) is 0 Å². The van der Waals surface area contributed by atoms with Gasteiger partial charge in [0.2, 0.25) is 0 Å². The molecule has 14 heavy (non-hydrogen) atoms. The van der Waals surface area contributed by atoms with Crippen molar-refractivity contribution in [1.29, 1.82) is 0 Å². The van der Waals surface area contributed by atoms with Gasteiger partial charge in [-0.25, -0.2) is 0 Å². The first-order valence-corrected chi connectivity index (χ1v) is 14.1. The van der Waals surface area contributed by atoms with E-state index in [0.717, 1.165) is 0 Å². The molecule has 0 saturated heterocycles. The summed E-state index contributed by atoms with van der Waals surface area (Å²) in [6.07, 6.45) is 0. The Labute approximate surface area is 99.8 Å². The molecule has 0 amide bonds. The van der Waals surface area contributed by atoms with E-state index in [0.29, 0.717) is 0 Å². The molecule has 2 rings (SSSR count). The fourth-order valence-electron chi connectivity index (χ4n) is 1.22. The molecule has 0 atom stereocenters. The Morgan fingerprint density at radius 1 is 0.643 bits per heavy atom. The van der Waals surface area contributed by atoms with Crippen molar-refractivity contribution in [2.24, 2.45) is 0 Å². The molecule has 0 aliphatic heterocycles. The quantitative estimate of drug-likeness (QED) is 0.649. The maximum atomic E-state index is 2.33. The molecule has 0 fully saturated rings. The normalized spacial score (nSPS) is 10.4. The predicted octanol–water partition coefficient (Wildman–Crippen LogP) is 0.961. The van der Waals surface area contributed by atoms with Crippen molar-refractivity contribution in [3.63, 3.8) is 0 Å². The zero-order valence-electron chi connectivity index (χ0n) is 7.59. The SMILES string of the molecule is [Te]=[Te](c1ccccc1)c1ccccc1. The molecule has 0 heterocycles. The summed E-state index contributed by atoms with van der Waals surface area (Å²) in [4.78, 5) is 0. The van der Waals surface area contributed by atoms with Crippen LogP contribution in [0.2, 0.25) is 0 Å². The zero-order valence-corrected chi connectivity index (χ0v) is 12.3. The standard InChI is InChI=1S/C12H10Te2/c13-14(11-7-3-1-4-8-11)12-9-5-2-6-10-12/h1-10H. The molecule has 2 aromatic carbocycles. The van der Waals surface area contributed by atoms with Crippen LogP contribution in [0.1, 0.15) is 0 Å². The van der Waals surface area contributed by atoms with Crippen LogP contribution in [-0.4, -0.2) is 32.8 Å². The van der Waals surface area contributed by atoms with Crippen molar-refractivity contribution in [3.05, 3.63) is 60.7 Å². The van der Waals surface area contributed by atoms with Crippen LogP contribution in [-0.2, 0) is 0 Å². The number of rotatable bonds is 2. The van der Waals surface area contributed by atoms with Crippen LogP contribution < -0.4 is 7.22 Å². The number of hydrogen-bond acceptors (Lipinski definition) is 0. The summed E-state index contributed by atoms with van der Waals surface area (Å²) in [6, 6.07) is 21.7. The summed E-state index contributed by atoms with van der Waals surface area (Å²) in [5, 5.41) is 0. The Kier molecular flexibility index (Phi) is 3.91. The third-order valence-corrected chi connectivity index (χ3v) is 13.3. The van der Waals surface area contributed by atoms with Crippen molar-refractivity contribution in [2.75, 3.05) is 0 Å². The molecule has 0 radical (unpaired) electrons. The van der Waals surface area contributed by atoms with Gasteiger partial charge in [-0.1, -0.05) is 0 Å². The van der Waals surface area contributed by atoms with Crippen molar-refractivity contribution in [3.8, 4) is 0 Å². The Hall–Kier alpha value is 0.0192. The minimum atomic E-state index is -1.22. The van der Waals surface area contributed by atoms with Gasteiger partial charge in [0.15, 0.2) is 0 Å². The third-order valence-electron chi connectivity index (χ3n) is 1.91. The van der Waals surface area contributed by atoms with Gasteiger partial charge in [-0.15, -0.1) is 0 Å². The second-order valence-corrected chi connectivity index (χ2v) is 13.5. The Balaban J connectivity index is 2.35. The van der Waals surface area contributed by atoms with Crippen LogP contribution in [0.25, 0.3) is 0 Å². The van der Waals surface area contributed by atoms with Crippen LogP contribution in [0.3, 0.4) is 0 Å². The van der Waals surface area contributed by atoms with Gasteiger partial charge in [0.05, 0.1) is 0 Å². The van der Waals surface area contributed by atoms with Crippen molar-refractivity contribution in [2.45, 2.75) is 0 Å². The van der Waals surface area contributed by atoms with E-state index in [1.165, 1.54) is 0 Å². The second-order valence-electron chi connectivity index (χ2n) is 2.89. The average Bonchev–Trinajstić information content (AvgIpc) is 2.30. The summed E-state index contributed by atoms with van der Waals surface area (Å²) in [7, 11) is 0. The molecule has 0 bridgehead atoms. The van der Waals surface area contributed by atoms with Crippen LogP contribution >= 0.6 is 0 Å². The fraction of sp³-hybridized carbons (Fsp3) is 0. The van der Waals surface area contributed by atoms with Gasteiger partial charge in [-0.3, -0.25) is 0 Å². The van der Waals surface area contributed by atoms with E-state index in [2.05, 4.69) is 78.5 Å². The minimum absolute atomic E-state index is 1.22. The zero-order chi connectivity index (χ0) is 9.80. The molecule has 0 saturated carbocycles. The van der Waals surface area contributed by atoms with E-state index in [4.69, 9.17) is 0 Å². The molecule has 2 aromatic rings. The topological polar surface area (TPSA) is 0 Å². The first-order valence-electron chi connectivity index (χ1n) is 4.40. The molecule has 0 spiro atoms. The van der Waals surface area contributed by atoms with Gasteiger partial charge in [0, 0.05) is 0 Å². The second kappa shape index (κ2) is 5.20. The maximum absolute atomic E-state index is 2.33. The van der Waals surface area contributed by atoms with Gasteiger partial charge in [-0.2, -0.15) is 0 Å². The summed E-state index contributed by atoms with van der Waals surface area (Å²) in [6.45, 7) is 0. The first-order chi connectivity index (χ1) is 6.88. The van der Waals surface area contributed by atoms with Gasteiger partial charge >= 0.3 is 101 Å². The molecule has 0 unspecified atom stereocenters. The Bertz CT molecular complexity index is 379. The van der Waals surface area contributed by atoms with Gasteiger partial charge < -0.3 is 0 Å². The van der Waals surface area contributed by atoms with Crippen LogP contribution in [0.15, 0.2) is 60.7 Å². The molecule has 0 aromatic heterocycles.